The smallest absolute Gasteiger partial charge is 0.272 e. The van der Waals surface area contributed by atoms with Crippen molar-refractivity contribution in [2.24, 2.45) is 7.05 Å². The zero-order valence-corrected chi connectivity index (χ0v) is 11.1. The molecule has 0 bridgehead atoms. The third-order valence-electron chi connectivity index (χ3n) is 2.46. The normalized spacial score (nSPS) is 10.4. The van der Waals surface area contributed by atoms with Gasteiger partial charge in [-0.05, 0) is 18.2 Å². The minimum Gasteiger partial charge on any atom is -0.397 e. The molecule has 0 saturated carbocycles. The van der Waals surface area contributed by atoms with Gasteiger partial charge >= 0.3 is 0 Å². The molecule has 18 heavy (non-hydrogen) atoms. The number of nitrogens with zero attached hydrogens (tertiary/aromatic N) is 1. The third kappa shape index (κ3) is 2.44. The Morgan fingerprint density at radius 2 is 2.11 bits per heavy atom. The number of hydrogen-bond donors (Lipinski definition) is 2. The van der Waals surface area contributed by atoms with E-state index in [0.717, 1.165) is 0 Å². The van der Waals surface area contributed by atoms with E-state index < -0.39 is 0 Å². The Kier molecular flexibility index (Phi) is 3.50. The summed E-state index contributed by atoms with van der Waals surface area (Å²) < 4.78 is 1.64. The summed E-state index contributed by atoms with van der Waals surface area (Å²) in [7, 11) is 1.74. The van der Waals surface area contributed by atoms with Crippen molar-refractivity contribution in [1.82, 2.24) is 4.57 Å². The van der Waals surface area contributed by atoms with Gasteiger partial charge in [-0.3, -0.25) is 4.79 Å². The van der Waals surface area contributed by atoms with Crippen LogP contribution in [-0.4, -0.2) is 10.5 Å². The number of halogens is 2. The van der Waals surface area contributed by atoms with Crippen molar-refractivity contribution in [3.63, 3.8) is 0 Å². The molecule has 1 heterocycles. The minimum absolute atomic E-state index is 0.293. The van der Waals surface area contributed by atoms with E-state index in [1.165, 1.54) is 0 Å². The summed E-state index contributed by atoms with van der Waals surface area (Å²) in [5.41, 5.74) is 7.06. The summed E-state index contributed by atoms with van der Waals surface area (Å²) in [6.07, 6.45) is 1.66. The fourth-order valence-electron chi connectivity index (χ4n) is 1.60. The predicted octanol–water partition coefficient (Wildman–Crippen LogP) is 3.17. The first-order valence-corrected chi connectivity index (χ1v) is 5.92. The van der Waals surface area contributed by atoms with Crippen molar-refractivity contribution < 1.29 is 4.79 Å². The number of nitrogens with one attached hydrogen (secondary N) is 1. The zero-order valence-electron chi connectivity index (χ0n) is 9.58. The molecule has 0 fully saturated rings. The van der Waals surface area contributed by atoms with Gasteiger partial charge in [-0.25, -0.2) is 0 Å². The van der Waals surface area contributed by atoms with Crippen LogP contribution in [0.5, 0.6) is 0 Å². The zero-order chi connectivity index (χ0) is 13.3. The van der Waals surface area contributed by atoms with Crippen molar-refractivity contribution in [2.45, 2.75) is 0 Å². The number of benzene rings is 1. The molecule has 4 nitrogen and oxygen atoms in total. The molecule has 0 aliphatic rings. The van der Waals surface area contributed by atoms with E-state index >= 15 is 0 Å². The van der Waals surface area contributed by atoms with Crippen molar-refractivity contribution in [2.75, 3.05) is 11.1 Å². The highest BCUT2D eigenvalue weighted by Crippen LogP contribution is 2.29. The molecule has 94 valence electrons. The number of anilines is 2. The highest BCUT2D eigenvalue weighted by atomic mass is 35.5. The molecule has 2 aromatic rings. The predicted molar refractivity (Wildman–Crippen MR) is 74.2 cm³/mol. The first-order valence-electron chi connectivity index (χ1n) is 5.16. The van der Waals surface area contributed by atoms with Crippen LogP contribution in [0.25, 0.3) is 0 Å². The van der Waals surface area contributed by atoms with Crippen LogP contribution in [0.3, 0.4) is 0 Å². The molecule has 0 aliphatic heterocycles. The maximum atomic E-state index is 12.0. The number of amides is 1. The van der Waals surface area contributed by atoms with Gasteiger partial charge in [-0.2, -0.15) is 0 Å². The van der Waals surface area contributed by atoms with Crippen LogP contribution in [-0.2, 0) is 7.05 Å². The van der Waals surface area contributed by atoms with Gasteiger partial charge in [0.05, 0.1) is 21.4 Å². The maximum Gasteiger partial charge on any atom is 0.272 e. The van der Waals surface area contributed by atoms with E-state index in [1.807, 2.05) is 0 Å². The van der Waals surface area contributed by atoms with Gasteiger partial charge in [-0.1, -0.05) is 29.3 Å². The largest absolute Gasteiger partial charge is 0.397 e. The van der Waals surface area contributed by atoms with E-state index in [-0.39, 0.29) is 5.91 Å². The Labute approximate surface area is 114 Å². The van der Waals surface area contributed by atoms with Crippen LogP contribution in [0.2, 0.25) is 10.0 Å². The van der Waals surface area contributed by atoms with Gasteiger partial charge in [0.1, 0.15) is 5.69 Å². The lowest BCUT2D eigenvalue weighted by Crippen LogP contribution is -2.15. The van der Waals surface area contributed by atoms with E-state index in [9.17, 15) is 4.79 Å². The number of hydrogen-bond acceptors (Lipinski definition) is 2. The highest BCUT2D eigenvalue weighted by molar-refractivity contribution is 6.44. The van der Waals surface area contributed by atoms with Gasteiger partial charge in [0.15, 0.2) is 0 Å². The second-order valence-electron chi connectivity index (χ2n) is 3.83. The standard InChI is InChI=1S/C12H11Cl2N3O/c1-17-6-7(15)5-10(17)12(18)16-9-4-2-3-8(13)11(9)14/h2-6H,15H2,1H3,(H,16,18). The van der Waals surface area contributed by atoms with Gasteiger partial charge in [0.25, 0.3) is 5.91 Å². The maximum absolute atomic E-state index is 12.0. The molecule has 0 aliphatic carbocycles. The van der Waals surface area contributed by atoms with Crippen LogP contribution in [0.4, 0.5) is 11.4 Å². The number of carbonyl (C=O) groups is 1. The highest BCUT2D eigenvalue weighted by Gasteiger charge is 2.13. The molecular formula is C12H11Cl2N3O. The molecule has 0 saturated heterocycles. The first kappa shape index (κ1) is 12.8. The average Bonchev–Trinajstić information content (AvgIpc) is 2.64. The van der Waals surface area contributed by atoms with E-state index in [2.05, 4.69) is 5.32 Å². The second kappa shape index (κ2) is 4.92. The second-order valence-corrected chi connectivity index (χ2v) is 4.61. The molecule has 1 aromatic carbocycles. The van der Waals surface area contributed by atoms with Crippen LogP contribution < -0.4 is 11.1 Å². The molecule has 1 amide bonds. The Hall–Kier alpha value is -1.65. The minimum atomic E-state index is -0.293. The van der Waals surface area contributed by atoms with Gasteiger partial charge < -0.3 is 15.6 Å². The summed E-state index contributed by atoms with van der Waals surface area (Å²) in [6.45, 7) is 0. The topological polar surface area (TPSA) is 60.0 Å². The van der Waals surface area contributed by atoms with Crippen molar-refractivity contribution in [3.05, 3.63) is 46.2 Å². The molecule has 0 unspecified atom stereocenters. The molecule has 6 heteroatoms. The summed E-state index contributed by atoms with van der Waals surface area (Å²) >= 11 is 11.9. The van der Waals surface area contributed by atoms with Crippen LogP contribution in [0.1, 0.15) is 10.5 Å². The first-order chi connectivity index (χ1) is 8.49. The fraction of sp³-hybridized carbons (Fsp3) is 0.0833. The monoisotopic (exact) mass is 283 g/mol. The SMILES string of the molecule is Cn1cc(N)cc1C(=O)Nc1cccc(Cl)c1Cl. The van der Waals surface area contributed by atoms with Crippen LogP contribution >= 0.6 is 23.2 Å². The van der Waals surface area contributed by atoms with Crippen molar-refractivity contribution in [3.8, 4) is 0 Å². The van der Waals surface area contributed by atoms with E-state index in [4.69, 9.17) is 28.9 Å². The molecule has 2 rings (SSSR count). The molecular weight excluding hydrogens is 273 g/mol. The van der Waals surface area contributed by atoms with E-state index in [1.54, 1.807) is 42.1 Å². The summed E-state index contributed by atoms with van der Waals surface area (Å²) in [5.74, 6) is -0.293. The van der Waals surface area contributed by atoms with Crippen molar-refractivity contribution in [1.29, 1.82) is 0 Å². The molecule has 0 atom stereocenters. The number of aryl methyl sites for hydroxylation is 1. The number of carbonyl (C=O) groups excluding carboxylic acids is 1. The summed E-state index contributed by atoms with van der Waals surface area (Å²) in [6, 6.07) is 6.63. The lowest BCUT2D eigenvalue weighted by Gasteiger charge is -2.08. The summed E-state index contributed by atoms with van der Waals surface area (Å²) in [5, 5.41) is 3.39. The van der Waals surface area contributed by atoms with Crippen LogP contribution in [0, 0.1) is 0 Å². The Bertz CT molecular complexity index is 607. The van der Waals surface area contributed by atoms with Gasteiger partial charge in [-0.15, -0.1) is 0 Å². The molecule has 1 aromatic heterocycles. The number of rotatable bonds is 2. The molecule has 0 radical (unpaired) electrons. The van der Waals surface area contributed by atoms with E-state index in [0.29, 0.717) is 27.1 Å². The Morgan fingerprint density at radius 3 is 2.72 bits per heavy atom. The fourth-order valence-corrected chi connectivity index (χ4v) is 1.95. The number of aromatic nitrogens is 1. The number of nitrogen functional groups attached to an aromatic ring is 1. The summed E-state index contributed by atoms with van der Waals surface area (Å²) in [4.78, 5) is 12.0. The average molecular weight is 284 g/mol. The quantitative estimate of drug-likeness (QED) is 0.889. The van der Waals surface area contributed by atoms with Gasteiger partial charge in [0, 0.05) is 13.2 Å². The van der Waals surface area contributed by atoms with Crippen LogP contribution in [0.15, 0.2) is 30.5 Å². The Morgan fingerprint density at radius 1 is 1.39 bits per heavy atom. The lowest BCUT2D eigenvalue weighted by atomic mass is 10.3. The number of nitrogens with two attached hydrogens (primary N) is 1. The lowest BCUT2D eigenvalue weighted by molar-refractivity contribution is 0.101. The third-order valence-corrected chi connectivity index (χ3v) is 3.28. The Balaban J connectivity index is 2.27. The molecule has 0 spiro atoms. The molecule has 3 N–H and O–H groups in total. The van der Waals surface area contributed by atoms with Gasteiger partial charge in [0.2, 0.25) is 0 Å². The van der Waals surface area contributed by atoms with Crippen molar-refractivity contribution >= 4 is 40.5 Å².